The van der Waals surface area contributed by atoms with E-state index in [2.05, 4.69) is 26.8 Å². The zero-order valence-electron chi connectivity index (χ0n) is 16.6. The van der Waals surface area contributed by atoms with Gasteiger partial charge in [0.05, 0.1) is 0 Å². The zero-order chi connectivity index (χ0) is 17.8. The number of allylic oxidation sites excluding steroid dienone is 2. The van der Waals surface area contributed by atoms with Gasteiger partial charge < -0.3 is 4.74 Å². The highest BCUT2D eigenvalue weighted by atomic mass is 16.5. The van der Waals surface area contributed by atoms with Crippen molar-refractivity contribution in [2.24, 2.45) is 34.5 Å². The topological polar surface area (TPSA) is 26.3 Å². The molecule has 4 aliphatic rings. The van der Waals surface area contributed by atoms with E-state index in [-0.39, 0.29) is 12.1 Å². The fourth-order valence-electron chi connectivity index (χ4n) is 7.88. The smallest absolute Gasteiger partial charge is 0.302 e. The summed E-state index contributed by atoms with van der Waals surface area (Å²) in [5.74, 6) is 3.42. The van der Waals surface area contributed by atoms with Crippen LogP contribution >= 0.6 is 0 Å². The molecule has 4 saturated carbocycles. The Kier molecular flexibility index (Phi) is 4.32. The van der Waals surface area contributed by atoms with E-state index in [0.29, 0.717) is 10.8 Å². The molecule has 0 N–H and O–H groups in total. The maximum absolute atomic E-state index is 11.4. The van der Waals surface area contributed by atoms with Gasteiger partial charge in [0.1, 0.15) is 6.10 Å². The Morgan fingerprint density at radius 2 is 1.88 bits per heavy atom. The molecule has 2 nitrogen and oxygen atoms in total. The molecule has 0 aromatic heterocycles. The Morgan fingerprint density at radius 3 is 2.60 bits per heavy atom. The van der Waals surface area contributed by atoms with Crippen molar-refractivity contribution in [2.45, 2.75) is 91.6 Å². The summed E-state index contributed by atoms with van der Waals surface area (Å²) in [5, 5.41) is 0. The van der Waals surface area contributed by atoms with Crippen LogP contribution in [0, 0.1) is 34.5 Å². The summed E-state index contributed by atoms with van der Waals surface area (Å²) in [4.78, 5) is 11.4. The molecular weight excluding hydrogens is 308 g/mol. The second-order valence-corrected chi connectivity index (χ2v) is 9.97. The largest absolute Gasteiger partial charge is 0.463 e. The minimum Gasteiger partial charge on any atom is -0.463 e. The van der Waals surface area contributed by atoms with Crippen LogP contribution in [-0.2, 0) is 9.53 Å². The van der Waals surface area contributed by atoms with Gasteiger partial charge in [-0.05, 0) is 99.2 Å². The van der Waals surface area contributed by atoms with E-state index in [1.54, 1.807) is 12.5 Å². The van der Waals surface area contributed by atoms with Crippen LogP contribution in [0.5, 0.6) is 0 Å². The second kappa shape index (κ2) is 6.13. The average Bonchev–Trinajstić information content (AvgIpc) is 2.91. The first-order valence-electron chi connectivity index (χ1n) is 10.7. The third-order valence-corrected chi connectivity index (χ3v) is 9.15. The molecule has 4 aliphatic carbocycles. The molecule has 0 aromatic rings. The fraction of sp³-hybridized carbons (Fsp3) is 0.870. The summed E-state index contributed by atoms with van der Waals surface area (Å²) in [7, 11) is 0. The molecule has 0 unspecified atom stereocenters. The van der Waals surface area contributed by atoms with Crippen molar-refractivity contribution in [3.63, 3.8) is 0 Å². The number of fused-ring (bicyclic) bond motifs is 5. The maximum Gasteiger partial charge on any atom is 0.302 e. The van der Waals surface area contributed by atoms with Crippen LogP contribution in [0.15, 0.2) is 11.6 Å². The number of ether oxygens (including phenoxy) is 1. The van der Waals surface area contributed by atoms with Crippen LogP contribution in [0.2, 0.25) is 0 Å². The van der Waals surface area contributed by atoms with Gasteiger partial charge in [-0.2, -0.15) is 0 Å². The molecule has 0 aliphatic heterocycles. The first-order valence-corrected chi connectivity index (χ1v) is 10.7. The van der Waals surface area contributed by atoms with E-state index in [9.17, 15) is 4.79 Å². The van der Waals surface area contributed by atoms with Crippen LogP contribution in [0.25, 0.3) is 0 Å². The summed E-state index contributed by atoms with van der Waals surface area (Å²) in [6.07, 6.45) is 14.4. The Balaban J connectivity index is 1.55. The minimum absolute atomic E-state index is 0.0967. The van der Waals surface area contributed by atoms with Gasteiger partial charge in [-0.3, -0.25) is 4.79 Å². The summed E-state index contributed by atoms with van der Waals surface area (Å²) >= 11 is 0. The molecule has 0 saturated heterocycles. The molecule has 25 heavy (non-hydrogen) atoms. The quantitative estimate of drug-likeness (QED) is 0.437. The monoisotopic (exact) mass is 344 g/mol. The lowest BCUT2D eigenvalue weighted by Crippen LogP contribution is -2.53. The Bertz CT molecular complexity index is 579. The van der Waals surface area contributed by atoms with E-state index < -0.39 is 0 Å². The Morgan fingerprint density at radius 1 is 1.08 bits per heavy atom. The first kappa shape index (κ1) is 17.6. The molecular formula is C23H36O2. The van der Waals surface area contributed by atoms with E-state index in [0.717, 1.165) is 36.5 Å². The highest BCUT2D eigenvalue weighted by molar-refractivity contribution is 5.66. The van der Waals surface area contributed by atoms with Gasteiger partial charge in [0.15, 0.2) is 0 Å². The Hall–Kier alpha value is -0.790. The number of carbonyl (C=O) groups is 1. The molecule has 0 heterocycles. The second-order valence-electron chi connectivity index (χ2n) is 9.97. The molecule has 0 spiro atoms. The highest BCUT2D eigenvalue weighted by Gasteiger charge is 2.59. The van der Waals surface area contributed by atoms with Gasteiger partial charge in [0.2, 0.25) is 0 Å². The lowest BCUT2D eigenvalue weighted by atomic mass is 9.45. The molecule has 0 bridgehead atoms. The third kappa shape index (κ3) is 2.61. The molecule has 0 amide bonds. The van der Waals surface area contributed by atoms with E-state index >= 15 is 0 Å². The van der Waals surface area contributed by atoms with Crippen molar-refractivity contribution in [1.29, 1.82) is 0 Å². The van der Waals surface area contributed by atoms with Crippen LogP contribution in [0.1, 0.15) is 85.5 Å². The molecule has 4 fully saturated rings. The lowest BCUT2D eigenvalue weighted by molar-refractivity contribution is -0.158. The summed E-state index contributed by atoms with van der Waals surface area (Å²) in [5.41, 5.74) is 2.73. The van der Waals surface area contributed by atoms with E-state index in [4.69, 9.17) is 4.74 Å². The molecule has 0 radical (unpaired) electrons. The Labute approximate surface area is 153 Å². The van der Waals surface area contributed by atoms with Crippen LogP contribution < -0.4 is 0 Å². The minimum atomic E-state index is -0.0967. The van der Waals surface area contributed by atoms with Crippen molar-refractivity contribution < 1.29 is 9.53 Å². The van der Waals surface area contributed by atoms with Crippen molar-refractivity contribution >= 4 is 5.97 Å². The van der Waals surface area contributed by atoms with E-state index in [1.807, 2.05) is 0 Å². The normalized spacial score (nSPS) is 50.7. The predicted octanol–water partition coefficient (Wildman–Crippen LogP) is 5.91. The molecule has 4 rings (SSSR count). The summed E-state index contributed by atoms with van der Waals surface area (Å²) in [6, 6.07) is 0. The van der Waals surface area contributed by atoms with Gasteiger partial charge in [-0.15, -0.1) is 0 Å². The van der Waals surface area contributed by atoms with Crippen molar-refractivity contribution in [3.05, 3.63) is 11.6 Å². The number of hydrogen-bond acceptors (Lipinski definition) is 2. The van der Waals surface area contributed by atoms with Gasteiger partial charge >= 0.3 is 5.97 Å². The number of carbonyl (C=O) groups excluding carboxylic acids is 1. The van der Waals surface area contributed by atoms with Crippen molar-refractivity contribution in [3.8, 4) is 0 Å². The van der Waals surface area contributed by atoms with Crippen molar-refractivity contribution in [1.82, 2.24) is 0 Å². The summed E-state index contributed by atoms with van der Waals surface area (Å²) < 4.78 is 5.59. The zero-order valence-corrected chi connectivity index (χ0v) is 16.6. The van der Waals surface area contributed by atoms with Crippen LogP contribution in [0.4, 0.5) is 0 Å². The van der Waals surface area contributed by atoms with Crippen LogP contribution in [0.3, 0.4) is 0 Å². The summed E-state index contributed by atoms with van der Waals surface area (Å²) in [6.45, 7) is 8.98. The number of esters is 1. The molecule has 2 heteroatoms. The van der Waals surface area contributed by atoms with Gasteiger partial charge in [0.25, 0.3) is 0 Å². The fourth-order valence-corrected chi connectivity index (χ4v) is 7.88. The SMILES string of the molecule is C/C=C1\CC[C@@H]2[C@H]3CC[C@H]4C[C@@H](OC(C)=O)CC[C@]4(C)[C@@H]3CC[C@@]12C. The van der Waals surface area contributed by atoms with Crippen LogP contribution in [-0.4, -0.2) is 12.1 Å². The lowest BCUT2D eigenvalue weighted by Gasteiger charge is -2.60. The van der Waals surface area contributed by atoms with Gasteiger partial charge in [-0.1, -0.05) is 25.5 Å². The highest BCUT2D eigenvalue weighted by Crippen LogP contribution is 2.67. The van der Waals surface area contributed by atoms with Gasteiger partial charge in [0, 0.05) is 6.92 Å². The molecule has 0 aromatic carbocycles. The number of hydrogen-bond donors (Lipinski definition) is 0. The predicted molar refractivity (Wildman–Crippen MR) is 101 cm³/mol. The molecule has 140 valence electrons. The van der Waals surface area contributed by atoms with Crippen molar-refractivity contribution in [2.75, 3.05) is 0 Å². The standard InChI is InChI=1S/C23H36O2/c1-5-16-7-9-20-19-8-6-17-14-18(25-15(2)24)10-12-23(17,4)21(19)11-13-22(16,20)3/h5,17-21H,6-14H2,1-4H3/b16-5+/t17-,18-,19+,20+,21+,22-,23-/m0/s1. The number of rotatable bonds is 1. The molecule has 7 atom stereocenters. The van der Waals surface area contributed by atoms with Gasteiger partial charge in [-0.25, -0.2) is 0 Å². The average molecular weight is 345 g/mol. The third-order valence-electron chi connectivity index (χ3n) is 9.15. The van der Waals surface area contributed by atoms with E-state index in [1.165, 1.54) is 44.9 Å². The first-order chi connectivity index (χ1) is 11.9. The maximum atomic E-state index is 11.4.